The van der Waals surface area contributed by atoms with Gasteiger partial charge in [-0.1, -0.05) is 17.8 Å². The van der Waals surface area contributed by atoms with Gasteiger partial charge >= 0.3 is 0 Å². The SMILES string of the molecule is C[C@H](Sc1nnc(-c2cccs2)n1C1CC1)C(N)=O. The van der Waals surface area contributed by atoms with Crippen molar-refractivity contribution in [2.75, 3.05) is 0 Å². The number of rotatable bonds is 5. The Bertz CT molecular complexity index is 589. The molecule has 2 aromatic heterocycles. The lowest BCUT2D eigenvalue weighted by Gasteiger charge is -2.09. The highest BCUT2D eigenvalue weighted by molar-refractivity contribution is 8.00. The van der Waals surface area contributed by atoms with Crippen LogP contribution in [-0.4, -0.2) is 25.9 Å². The smallest absolute Gasteiger partial charge is 0.230 e. The van der Waals surface area contributed by atoms with E-state index in [4.69, 9.17) is 5.73 Å². The van der Waals surface area contributed by atoms with Crippen LogP contribution in [0.4, 0.5) is 0 Å². The van der Waals surface area contributed by atoms with Crippen LogP contribution in [0.5, 0.6) is 0 Å². The molecule has 0 radical (unpaired) electrons. The quantitative estimate of drug-likeness (QED) is 0.859. The molecule has 2 heterocycles. The Morgan fingerprint density at radius 3 is 2.95 bits per heavy atom. The first-order valence-corrected chi connectivity index (χ1v) is 7.87. The fraction of sp³-hybridized carbons (Fsp3) is 0.417. The van der Waals surface area contributed by atoms with Gasteiger partial charge in [-0.3, -0.25) is 9.36 Å². The molecule has 1 fully saturated rings. The molecule has 1 amide bonds. The van der Waals surface area contributed by atoms with Crippen LogP contribution in [0.3, 0.4) is 0 Å². The Kier molecular flexibility index (Phi) is 3.32. The zero-order chi connectivity index (χ0) is 13.4. The molecular formula is C12H14N4OS2. The Morgan fingerprint density at radius 1 is 1.58 bits per heavy atom. The van der Waals surface area contributed by atoms with E-state index in [2.05, 4.69) is 14.8 Å². The van der Waals surface area contributed by atoms with E-state index in [1.54, 1.807) is 18.3 Å². The van der Waals surface area contributed by atoms with Gasteiger partial charge < -0.3 is 5.73 Å². The van der Waals surface area contributed by atoms with Crippen LogP contribution >= 0.6 is 23.1 Å². The summed E-state index contributed by atoms with van der Waals surface area (Å²) in [6.45, 7) is 1.80. The van der Waals surface area contributed by atoms with E-state index < -0.39 is 0 Å². The first kappa shape index (κ1) is 12.7. The predicted molar refractivity (Wildman–Crippen MR) is 76.1 cm³/mol. The van der Waals surface area contributed by atoms with Crippen molar-refractivity contribution in [2.24, 2.45) is 5.73 Å². The number of primary amides is 1. The summed E-state index contributed by atoms with van der Waals surface area (Å²) < 4.78 is 2.15. The highest BCUT2D eigenvalue weighted by atomic mass is 32.2. The Labute approximate surface area is 119 Å². The monoisotopic (exact) mass is 294 g/mol. The maximum Gasteiger partial charge on any atom is 0.230 e. The minimum absolute atomic E-state index is 0.294. The molecule has 1 aliphatic carbocycles. The lowest BCUT2D eigenvalue weighted by Crippen LogP contribution is -2.23. The summed E-state index contributed by atoms with van der Waals surface area (Å²) in [5.74, 6) is 0.574. The second-order valence-corrected chi connectivity index (χ2v) is 6.80. The topological polar surface area (TPSA) is 73.8 Å². The molecule has 19 heavy (non-hydrogen) atoms. The number of hydrogen-bond donors (Lipinski definition) is 1. The van der Waals surface area contributed by atoms with E-state index in [0.29, 0.717) is 6.04 Å². The van der Waals surface area contributed by atoms with Crippen molar-refractivity contribution >= 4 is 29.0 Å². The van der Waals surface area contributed by atoms with Crippen LogP contribution in [0.15, 0.2) is 22.7 Å². The first-order valence-electron chi connectivity index (χ1n) is 6.11. The molecular weight excluding hydrogens is 280 g/mol. The Hall–Kier alpha value is -1.34. The minimum Gasteiger partial charge on any atom is -0.369 e. The molecule has 0 unspecified atom stereocenters. The molecule has 0 aromatic carbocycles. The molecule has 100 valence electrons. The van der Waals surface area contributed by atoms with E-state index in [-0.39, 0.29) is 11.2 Å². The summed E-state index contributed by atoms with van der Waals surface area (Å²) in [6.07, 6.45) is 2.30. The van der Waals surface area contributed by atoms with Gasteiger partial charge in [-0.25, -0.2) is 0 Å². The summed E-state index contributed by atoms with van der Waals surface area (Å²) >= 11 is 3.03. The maximum atomic E-state index is 11.2. The van der Waals surface area contributed by atoms with Crippen molar-refractivity contribution in [3.05, 3.63) is 17.5 Å². The summed E-state index contributed by atoms with van der Waals surface area (Å²) in [5.41, 5.74) is 5.31. The number of nitrogens with zero attached hydrogens (tertiary/aromatic N) is 3. The van der Waals surface area contributed by atoms with E-state index >= 15 is 0 Å². The molecule has 1 aliphatic rings. The number of amides is 1. The minimum atomic E-state index is -0.326. The fourth-order valence-corrected chi connectivity index (χ4v) is 3.38. The second kappa shape index (κ2) is 4.97. The summed E-state index contributed by atoms with van der Waals surface area (Å²) in [4.78, 5) is 12.3. The highest BCUT2D eigenvalue weighted by Crippen LogP contribution is 2.42. The summed E-state index contributed by atoms with van der Waals surface area (Å²) in [7, 11) is 0. The van der Waals surface area contributed by atoms with Crippen molar-refractivity contribution < 1.29 is 4.79 Å². The second-order valence-electron chi connectivity index (χ2n) is 4.55. The fourth-order valence-electron chi connectivity index (χ4n) is 1.81. The molecule has 2 aromatic rings. The normalized spacial score (nSPS) is 16.5. The lowest BCUT2D eigenvalue weighted by atomic mass is 10.4. The van der Waals surface area contributed by atoms with Gasteiger partial charge in [-0.15, -0.1) is 21.5 Å². The molecule has 3 rings (SSSR count). The van der Waals surface area contributed by atoms with Gasteiger partial charge in [0.25, 0.3) is 0 Å². The molecule has 1 atom stereocenters. The Balaban J connectivity index is 1.95. The molecule has 0 spiro atoms. The Morgan fingerprint density at radius 2 is 2.37 bits per heavy atom. The van der Waals surface area contributed by atoms with Crippen LogP contribution in [-0.2, 0) is 4.79 Å². The molecule has 0 aliphatic heterocycles. The molecule has 1 saturated carbocycles. The number of carbonyl (C=O) groups excluding carboxylic acids is 1. The van der Waals surface area contributed by atoms with Crippen molar-refractivity contribution in [1.29, 1.82) is 0 Å². The van der Waals surface area contributed by atoms with E-state index in [1.807, 2.05) is 17.5 Å². The largest absolute Gasteiger partial charge is 0.369 e. The van der Waals surface area contributed by atoms with Crippen LogP contribution < -0.4 is 5.73 Å². The molecule has 0 bridgehead atoms. The molecule has 5 nitrogen and oxygen atoms in total. The van der Waals surface area contributed by atoms with Crippen LogP contribution in [0.1, 0.15) is 25.8 Å². The van der Waals surface area contributed by atoms with Gasteiger partial charge in [0.2, 0.25) is 5.91 Å². The van der Waals surface area contributed by atoms with Crippen molar-refractivity contribution in [3.63, 3.8) is 0 Å². The van der Waals surface area contributed by atoms with Crippen LogP contribution in [0, 0.1) is 0 Å². The third-order valence-electron chi connectivity index (χ3n) is 3.00. The number of hydrogen-bond acceptors (Lipinski definition) is 5. The third kappa shape index (κ3) is 2.52. The van der Waals surface area contributed by atoms with Gasteiger partial charge in [0.15, 0.2) is 11.0 Å². The van der Waals surface area contributed by atoms with E-state index in [1.165, 1.54) is 11.8 Å². The van der Waals surface area contributed by atoms with Crippen LogP contribution in [0.2, 0.25) is 0 Å². The number of carbonyl (C=O) groups is 1. The lowest BCUT2D eigenvalue weighted by molar-refractivity contribution is -0.117. The number of nitrogens with two attached hydrogens (primary N) is 1. The molecule has 0 saturated heterocycles. The summed E-state index contributed by atoms with van der Waals surface area (Å²) in [5, 5.41) is 11.0. The first-order chi connectivity index (χ1) is 9.16. The standard InChI is InChI=1S/C12H14N4OS2/c1-7(10(13)17)19-12-15-14-11(9-3-2-6-18-9)16(12)8-4-5-8/h2-3,6-8H,4-5H2,1H3,(H2,13,17)/t7-/m0/s1. The van der Waals surface area contributed by atoms with Gasteiger partial charge in [0.05, 0.1) is 10.1 Å². The van der Waals surface area contributed by atoms with Crippen molar-refractivity contribution in [2.45, 2.75) is 36.2 Å². The summed E-state index contributed by atoms with van der Waals surface area (Å²) in [6, 6.07) is 4.51. The average Bonchev–Trinajstić information content (AvgIpc) is 2.91. The maximum absolute atomic E-state index is 11.2. The van der Waals surface area contributed by atoms with Gasteiger partial charge in [0.1, 0.15) is 0 Å². The molecule has 7 heteroatoms. The van der Waals surface area contributed by atoms with E-state index in [9.17, 15) is 4.79 Å². The van der Waals surface area contributed by atoms with E-state index in [0.717, 1.165) is 28.7 Å². The highest BCUT2D eigenvalue weighted by Gasteiger charge is 2.31. The van der Waals surface area contributed by atoms with Crippen LogP contribution in [0.25, 0.3) is 10.7 Å². The number of aromatic nitrogens is 3. The third-order valence-corrected chi connectivity index (χ3v) is 4.94. The van der Waals surface area contributed by atoms with Crippen molar-refractivity contribution in [3.8, 4) is 10.7 Å². The predicted octanol–water partition coefficient (Wildman–Crippen LogP) is 2.31. The number of thioether (sulfide) groups is 1. The van der Waals surface area contributed by atoms with Gasteiger partial charge in [0, 0.05) is 6.04 Å². The average molecular weight is 294 g/mol. The number of thiophene rings is 1. The van der Waals surface area contributed by atoms with Gasteiger partial charge in [-0.05, 0) is 31.2 Å². The zero-order valence-corrected chi connectivity index (χ0v) is 12.1. The molecule has 2 N–H and O–H groups in total. The van der Waals surface area contributed by atoms with Crippen molar-refractivity contribution in [1.82, 2.24) is 14.8 Å². The zero-order valence-electron chi connectivity index (χ0n) is 10.4. The van der Waals surface area contributed by atoms with Gasteiger partial charge in [-0.2, -0.15) is 0 Å².